The minimum atomic E-state index is 0.301. The van der Waals surface area contributed by atoms with Crippen molar-refractivity contribution in [3.63, 3.8) is 0 Å². The summed E-state index contributed by atoms with van der Waals surface area (Å²) in [6.45, 7) is 9.66. The number of methoxy groups -OCH3 is 2. The fourth-order valence-corrected chi connectivity index (χ4v) is 5.99. The van der Waals surface area contributed by atoms with Gasteiger partial charge in [0.25, 0.3) is 0 Å². The lowest BCUT2D eigenvalue weighted by Gasteiger charge is -2.38. The predicted octanol–water partition coefficient (Wildman–Crippen LogP) is 5.67. The molecule has 41 heavy (non-hydrogen) atoms. The maximum absolute atomic E-state index is 6.50. The topological polar surface area (TPSA) is 61.4 Å². The van der Waals surface area contributed by atoms with E-state index in [1.807, 2.05) is 6.07 Å². The summed E-state index contributed by atoms with van der Waals surface area (Å²) in [6.07, 6.45) is 9.44. The van der Waals surface area contributed by atoms with Gasteiger partial charge in [-0.05, 0) is 80.5 Å². The van der Waals surface area contributed by atoms with Gasteiger partial charge in [-0.1, -0.05) is 44.9 Å². The van der Waals surface area contributed by atoms with Crippen LogP contribution in [0.25, 0.3) is 0 Å². The van der Waals surface area contributed by atoms with Crippen molar-refractivity contribution >= 4 is 0 Å². The van der Waals surface area contributed by atoms with Crippen molar-refractivity contribution in [3.8, 4) is 17.2 Å². The Bertz CT molecular complexity index is 1010. The standard InChI is InChI=1S/C34H52N2O5/c1-26(2)35-19-7-21-39-29-13-10-27(11-14-29)17-22-40-30-16-20-36(25-30)31-8-5-6-9-32(31)41-23-18-28-12-15-33(37-3)34(24-28)38-4/h10-15,24,26,30-32,35H,5-9,16-23,25H2,1-4H3/t30-,31-,32-/m1/s1. The van der Waals surface area contributed by atoms with Gasteiger partial charge in [0, 0.05) is 25.2 Å². The lowest BCUT2D eigenvalue weighted by atomic mass is 9.91. The molecule has 2 aromatic rings. The van der Waals surface area contributed by atoms with Crippen LogP contribution in [0.3, 0.4) is 0 Å². The highest BCUT2D eigenvalue weighted by atomic mass is 16.5. The molecule has 2 aromatic carbocycles. The summed E-state index contributed by atoms with van der Waals surface area (Å²) in [5.41, 5.74) is 2.50. The zero-order valence-electron chi connectivity index (χ0n) is 25.7. The highest BCUT2D eigenvalue weighted by molar-refractivity contribution is 5.42. The molecule has 0 bridgehead atoms. The Balaban J connectivity index is 1.14. The summed E-state index contributed by atoms with van der Waals surface area (Å²) in [7, 11) is 3.35. The highest BCUT2D eigenvalue weighted by Gasteiger charge is 2.35. The van der Waals surface area contributed by atoms with Gasteiger partial charge in [0.2, 0.25) is 0 Å². The minimum absolute atomic E-state index is 0.301. The second kappa shape index (κ2) is 17.0. The molecule has 0 unspecified atom stereocenters. The first-order chi connectivity index (χ1) is 20.1. The summed E-state index contributed by atoms with van der Waals surface area (Å²) in [6, 6.07) is 15.6. The summed E-state index contributed by atoms with van der Waals surface area (Å²) < 4.78 is 29.5. The van der Waals surface area contributed by atoms with Crippen LogP contribution in [0.15, 0.2) is 42.5 Å². The zero-order valence-corrected chi connectivity index (χ0v) is 25.7. The molecule has 1 N–H and O–H groups in total. The van der Waals surface area contributed by atoms with Gasteiger partial charge in [-0.15, -0.1) is 0 Å². The van der Waals surface area contributed by atoms with Crippen molar-refractivity contribution in [2.45, 2.75) is 89.5 Å². The van der Waals surface area contributed by atoms with E-state index in [1.165, 1.54) is 30.4 Å². The maximum atomic E-state index is 6.50. The van der Waals surface area contributed by atoms with E-state index in [0.717, 1.165) is 88.8 Å². The molecule has 3 atom stereocenters. The van der Waals surface area contributed by atoms with Crippen LogP contribution in [0.2, 0.25) is 0 Å². The zero-order chi connectivity index (χ0) is 28.9. The summed E-state index contributed by atoms with van der Waals surface area (Å²) >= 11 is 0. The molecule has 0 radical (unpaired) electrons. The molecule has 1 heterocycles. The monoisotopic (exact) mass is 568 g/mol. The second-order valence-electron chi connectivity index (χ2n) is 11.7. The summed E-state index contributed by atoms with van der Waals surface area (Å²) in [5, 5.41) is 3.42. The van der Waals surface area contributed by atoms with E-state index >= 15 is 0 Å². The van der Waals surface area contributed by atoms with Gasteiger partial charge < -0.3 is 29.0 Å². The molecule has 0 aromatic heterocycles. The second-order valence-corrected chi connectivity index (χ2v) is 11.7. The van der Waals surface area contributed by atoms with Crippen LogP contribution >= 0.6 is 0 Å². The van der Waals surface area contributed by atoms with Crippen LogP contribution in [0.1, 0.15) is 63.5 Å². The Morgan fingerprint density at radius 1 is 0.829 bits per heavy atom. The largest absolute Gasteiger partial charge is 0.494 e. The Labute approximate surface area is 247 Å². The lowest BCUT2D eigenvalue weighted by molar-refractivity contribution is -0.0343. The number of benzene rings is 2. The van der Waals surface area contributed by atoms with Gasteiger partial charge >= 0.3 is 0 Å². The van der Waals surface area contributed by atoms with E-state index in [4.69, 9.17) is 23.7 Å². The van der Waals surface area contributed by atoms with Gasteiger partial charge in [0.1, 0.15) is 5.75 Å². The first kappa shape index (κ1) is 31.6. The number of ether oxygens (including phenoxy) is 5. The van der Waals surface area contributed by atoms with E-state index < -0.39 is 0 Å². The van der Waals surface area contributed by atoms with Crippen LogP contribution in [0, 0.1) is 0 Å². The first-order valence-electron chi connectivity index (χ1n) is 15.7. The molecule has 0 spiro atoms. The molecule has 7 nitrogen and oxygen atoms in total. The number of likely N-dealkylation sites (tertiary alicyclic amines) is 1. The molecule has 2 fully saturated rings. The third kappa shape index (κ3) is 10.2. The van der Waals surface area contributed by atoms with Crippen LogP contribution in [-0.2, 0) is 22.3 Å². The van der Waals surface area contributed by atoms with E-state index in [2.05, 4.69) is 60.5 Å². The summed E-state index contributed by atoms with van der Waals surface area (Å²) in [4.78, 5) is 2.63. The molecular formula is C34H52N2O5. The minimum Gasteiger partial charge on any atom is -0.494 e. The fourth-order valence-electron chi connectivity index (χ4n) is 5.99. The van der Waals surface area contributed by atoms with Crippen molar-refractivity contribution in [2.24, 2.45) is 0 Å². The van der Waals surface area contributed by atoms with Gasteiger partial charge in [-0.3, -0.25) is 4.90 Å². The first-order valence-corrected chi connectivity index (χ1v) is 15.7. The average Bonchev–Trinajstić information content (AvgIpc) is 3.46. The third-order valence-electron chi connectivity index (χ3n) is 8.29. The molecule has 1 saturated heterocycles. The number of nitrogens with one attached hydrogen (secondary N) is 1. The van der Waals surface area contributed by atoms with Crippen molar-refractivity contribution in [1.29, 1.82) is 0 Å². The molecule has 4 rings (SSSR count). The molecule has 228 valence electrons. The third-order valence-corrected chi connectivity index (χ3v) is 8.29. The van der Waals surface area contributed by atoms with Crippen LogP contribution in [0.4, 0.5) is 0 Å². The molecule has 1 aliphatic carbocycles. The molecule has 1 aliphatic heterocycles. The maximum Gasteiger partial charge on any atom is 0.160 e. The molecule has 0 amide bonds. The van der Waals surface area contributed by atoms with Gasteiger partial charge in [-0.25, -0.2) is 0 Å². The van der Waals surface area contributed by atoms with Gasteiger partial charge in [0.15, 0.2) is 11.5 Å². The predicted molar refractivity (Wildman–Crippen MR) is 165 cm³/mol. The lowest BCUT2D eigenvalue weighted by Crippen LogP contribution is -2.46. The molecule has 7 heteroatoms. The summed E-state index contributed by atoms with van der Waals surface area (Å²) in [5.74, 6) is 2.48. The highest BCUT2D eigenvalue weighted by Crippen LogP contribution is 2.30. The quantitative estimate of drug-likeness (QED) is 0.247. The van der Waals surface area contributed by atoms with Crippen LogP contribution in [0.5, 0.6) is 17.2 Å². The number of rotatable bonds is 17. The van der Waals surface area contributed by atoms with Crippen molar-refractivity contribution in [3.05, 3.63) is 53.6 Å². The molecule has 2 aliphatic rings. The number of nitrogens with zero attached hydrogens (tertiary/aromatic N) is 1. The Hall–Kier alpha value is -2.32. The Kier molecular flexibility index (Phi) is 13.1. The van der Waals surface area contributed by atoms with Gasteiger partial charge in [-0.2, -0.15) is 0 Å². The van der Waals surface area contributed by atoms with E-state index in [0.29, 0.717) is 24.3 Å². The van der Waals surface area contributed by atoms with Crippen molar-refractivity contribution in [1.82, 2.24) is 10.2 Å². The fraction of sp³-hybridized carbons (Fsp3) is 0.647. The van der Waals surface area contributed by atoms with E-state index in [1.54, 1.807) is 14.2 Å². The number of hydrogen-bond acceptors (Lipinski definition) is 7. The molecular weight excluding hydrogens is 516 g/mol. The van der Waals surface area contributed by atoms with Crippen molar-refractivity contribution in [2.75, 3.05) is 53.7 Å². The van der Waals surface area contributed by atoms with E-state index in [9.17, 15) is 0 Å². The molecule has 1 saturated carbocycles. The van der Waals surface area contributed by atoms with E-state index in [-0.39, 0.29) is 0 Å². The Morgan fingerprint density at radius 3 is 2.34 bits per heavy atom. The average molecular weight is 569 g/mol. The SMILES string of the molecule is COc1ccc(CCO[C@@H]2CCCC[C@H]2N2CC[C@@H](OCCc3ccc(OCCCNC(C)C)cc3)C2)cc1OC. The van der Waals surface area contributed by atoms with Crippen molar-refractivity contribution < 1.29 is 23.7 Å². The smallest absolute Gasteiger partial charge is 0.160 e. The normalized spacial score (nSPS) is 21.3. The van der Waals surface area contributed by atoms with Crippen LogP contribution in [-0.4, -0.2) is 82.9 Å². The van der Waals surface area contributed by atoms with Crippen LogP contribution < -0.4 is 19.5 Å². The van der Waals surface area contributed by atoms with Gasteiger partial charge in [0.05, 0.1) is 46.2 Å². The Morgan fingerprint density at radius 2 is 1.56 bits per heavy atom. The number of hydrogen-bond donors (Lipinski definition) is 1.